The van der Waals surface area contributed by atoms with Crippen LogP contribution < -0.4 is 5.32 Å². The number of hydrogen-bond donors (Lipinski definition) is 1. The van der Waals surface area contributed by atoms with E-state index in [-0.39, 0.29) is 5.91 Å². The molecule has 15 heavy (non-hydrogen) atoms. The van der Waals surface area contributed by atoms with Gasteiger partial charge in [0.2, 0.25) is 0 Å². The van der Waals surface area contributed by atoms with Gasteiger partial charge in [-0.1, -0.05) is 19.1 Å². The Labute approximate surface area is 91.1 Å². The maximum atomic E-state index is 12.0. The van der Waals surface area contributed by atoms with E-state index in [2.05, 4.69) is 12.2 Å². The van der Waals surface area contributed by atoms with Gasteiger partial charge in [0, 0.05) is 26.3 Å². The normalized spacial score (nSPS) is 9.80. The predicted octanol–water partition coefficient (Wildman–Crippen LogP) is 2.21. The number of para-hydroxylation sites is 1. The Morgan fingerprint density at radius 3 is 2.67 bits per heavy atom. The molecule has 1 aromatic carbocycles. The van der Waals surface area contributed by atoms with Crippen molar-refractivity contribution in [1.29, 1.82) is 0 Å². The number of carbonyl (C=O) groups is 1. The van der Waals surface area contributed by atoms with Crippen LogP contribution in [0.15, 0.2) is 24.3 Å². The van der Waals surface area contributed by atoms with Crippen LogP contribution in [0.25, 0.3) is 0 Å². The summed E-state index contributed by atoms with van der Waals surface area (Å²) in [6.45, 7) is 2.85. The molecule has 0 atom stereocenters. The second kappa shape index (κ2) is 5.39. The Balaban J connectivity index is 2.90. The van der Waals surface area contributed by atoms with Crippen molar-refractivity contribution in [3.63, 3.8) is 0 Å². The van der Waals surface area contributed by atoms with Crippen molar-refractivity contribution in [3.05, 3.63) is 29.8 Å². The molecule has 1 N–H and O–H groups in total. The molecule has 1 rings (SSSR count). The van der Waals surface area contributed by atoms with Gasteiger partial charge < -0.3 is 10.2 Å². The number of nitrogens with zero attached hydrogens (tertiary/aromatic N) is 1. The number of nitrogens with one attached hydrogen (secondary N) is 1. The summed E-state index contributed by atoms with van der Waals surface area (Å²) in [6.07, 6.45) is 0.976. The lowest BCUT2D eigenvalue weighted by Crippen LogP contribution is -2.27. The Bertz CT molecular complexity index is 336. The molecule has 0 aromatic heterocycles. The number of hydrogen-bond acceptors (Lipinski definition) is 2. The van der Waals surface area contributed by atoms with Gasteiger partial charge in [0.15, 0.2) is 0 Å². The zero-order valence-corrected chi connectivity index (χ0v) is 9.58. The molecule has 0 aliphatic rings. The first-order valence-corrected chi connectivity index (χ1v) is 5.23. The molecule has 0 aliphatic carbocycles. The zero-order chi connectivity index (χ0) is 11.3. The number of anilines is 1. The summed E-state index contributed by atoms with van der Waals surface area (Å²) in [7, 11) is 3.66. The van der Waals surface area contributed by atoms with Gasteiger partial charge in [-0.15, -0.1) is 0 Å². The molecular formula is C12H18N2O. The van der Waals surface area contributed by atoms with Crippen LogP contribution in [0, 0.1) is 0 Å². The van der Waals surface area contributed by atoms with E-state index in [1.54, 1.807) is 4.90 Å². The van der Waals surface area contributed by atoms with Crippen molar-refractivity contribution in [3.8, 4) is 0 Å². The van der Waals surface area contributed by atoms with Gasteiger partial charge in [-0.05, 0) is 18.6 Å². The number of benzene rings is 1. The van der Waals surface area contributed by atoms with Crippen molar-refractivity contribution < 1.29 is 4.79 Å². The van der Waals surface area contributed by atoms with Crippen molar-refractivity contribution in [2.24, 2.45) is 0 Å². The Kier molecular flexibility index (Phi) is 4.16. The minimum atomic E-state index is 0.0711. The average molecular weight is 206 g/mol. The molecule has 0 aliphatic heterocycles. The minimum absolute atomic E-state index is 0.0711. The van der Waals surface area contributed by atoms with Crippen LogP contribution in [-0.4, -0.2) is 31.4 Å². The van der Waals surface area contributed by atoms with Crippen LogP contribution in [0.5, 0.6) is 0 Å². The van der Waals surface area contributed by atoms with E-state index in [0.717, 1.165) is 24.2 Å². The fraction of sp³-hybridized carbons (Fsp3) is 0.417. The Morgan fingerprint density at radius 1 is 1.40 bits per heavy atom. The quantitative estimate of drug-likeness (QED) is 0.819. The zero-order valence-electron chi connectivity index (χ0n) is 9.58. The number of carbonyl (C=O) groups excluding carboxylic acids is 1. The lowest BCUT2D eigenvalue weighted by molar-refractivity contribution is 0.0796. The molecule has 0 unspecified atom stereocenters. The second-order valence-electron chi connectivity index (χ2n) is 3.52. The first kappa shape index (κ1) is 11.6. The summed E-state index contributed by atoms with van der Waals surface area (Å²) in [4.78, 5) is 13.7. The standard InChI is InChI=1S/C12H18N2O/c1-4-9-14(3)12(15)10-7-5-6-8-11(10)13-2/h5-8,13H,4,9H2,1-3H3. The van der Waals surface area contributed by atoms with E-state index in [1.165, 1.54) is 0 Å². The summed E-state index contributed by atoms with van der Waals surface area (Å²) in [5, 5.41) is 3.03. The summed E-state index contributed by atoms with van der Waals surface area (Å²) in [6, 6.07) is 7.56. The lowest BCUT2D eigenvalue weighted by atomic mass is 10.1. The highest BCUT2D eigenvalue weighted by atomic mass is 16.2. The molecule has 0 spiro atoms. The van der Waals surface area contributed by atoms with Crippen LogP contribution in [0.1, 0.15) is 23.7 Å². The molecule has 1 aromatic rings. The van der Waals surface area contributed by atoms with Gasteiger partial charge in [0.05, 0.1) is 5.56 Å². The predicted molar refractivity (Wildman–Crippen MR) is 63.2 cm³/mol. The van der Waals surface area contributed by atoms with E-state index < -0.39 is 0 Å². The first-order chi connectivity index (χ1) is 7.20. The summed E-state index contributed by atoms with van der Waals surface area (Å²) < 4.78 is 0. The summed E-state index contributed by atoms with van der Waals surface area (Å²) >= 11 is 0. The lowest BCUT2D eigenvalue weighted by Gasteiger charge is -2.17. The molecule has 3 heteroatoms. The van der Waals surface area contributed by atoms with Crippen molar-refractivity contribution in [1.82, 2.24) is 4.90 Å². The van der Waals surface area contributed by atoms with Gasteiger partial charge in [-0.2, -0.15) is 0 Å². The molecule has 1 amide bonds. The van der Waals surface area contributed by atoms with Crippen molar-refractivity contribution in [2.75, 3.05) is 26.0 Å². The molecule has 0 bridgehead atoms. The van der Waals surface area contributed by atoms with Crippen LogP contribution >= 0.6 is 0 Å². The van der Waals surface area contributed by atoms with Crippen LogP contribution in [0.2, 0.25) is 0 Å². The average Bonchev–Trinajstić information content (AvgIpc) is 2.28. The van der Waals surface area contributed by atoms with E-state index >= 15 is 0 Å². The van der Waals surface area contributed by atoms with E-state index in [9.17, 15) is 4.79 Å². The third kappa shape index (κ3) is 2.72. The molecule has 0 heterocycles. The highest BCUT2D eigenvalue weighted by Gasteiger charge is 2.13. The molecule has 82 valence electrons. The van der Waals surface area contributed by atoms with E-state index in [0.29, 0.717) is 0 Å². The van der Waals surface area contributed by atoms with E-state index in [1.807, 2.05) is 38.4 Å². The van der Waals surface area contributed by atoms with Crippen LogP contribution in [-0.2, 0) is 0 Å². The van der Waals surface area contributed by atoms with Crippen molar-refractivity contribution in [2.45, 2.75) is 13.3 Å². The molecular weight excluding hydrogens is 188 g/mol. The third-order valence-corrected chi connectivity index (χ3v) is 2.33. The maximum Gasteiger partial charge on any atom is 0.255 e. The Hall–Kier alpha value is -1.51. The SMILES string of the molecule is CCCN(C)C(=O)c1ccccc1NC. The van der Waals surface area contributed by atoms with Crippen molar-refractivity contribution >= 4 is 11.6 Å². The maximum absolute atomic E-state index is 12.0. The highest BCUT2D eigenvalue weighted by molar-refractivity contribution is 5.99. The van der Waals surface area contributed by atoms with Crippen LogP contribution in [0.3, 0.4) is 0 Å². The van der Waals surface area contributed by atoms with Gasteiger partial charge in [0.1, 0.15) is 0 Å². The molecule has 3 nitrogen and oxygen atoms in total. The fourth-order valence-electron chi connectivity index (χ4n) is 1.53. The van der Waals surface area contributed by atoms with Gasteiger partial charge in [0.25, 0.3) is 5.91 Å². The molecule has 0 fully saturated rings. The van der Waals surface area contributed by atoms with Gasteiger partial charge in [-0.3, -0.25) is 4.79 Å². The number of amides is 1. The molecule has 0 saturated carbocycles. The smallest absolute Gasteiger partial charge is 0.255 e. The molecule has 0 saturated heterocycles. The summed E-state index contributed by atoms with van der Waals surface area (Å²) in [5.41, 5.74) is 1.61. The highest BCUT2D eigenvalue weighted by Crippen LogP contribution is 2.15. The van der Waals surface area contributed by atoms with Gasteiger partial charge in [-0.25, -0.2) is 0 Å². The van der Waals surface area contributed by atoms with E-state index in [4.69, 9.17) is 0 Å². The fourth-order valence-corrected chi connectivity index (χ4v) is 1.53. The largest absolute Gasteiger partial charge is 0.387 e. The summed E-state index contributed by atoms with van der Waals surface area (Å²) in [5.74, 6) is 0.0711. The minimum Gasteiger partial charge on any atom is -0.387 e. The Morgan fingerprint density at radius 2 is 2.07 bits per heavy atom. The third-order valence-electron chi connectivity index (χ3n) is 2.33. The monoisotopic (exact) mass is 206 g/mol. The van der Waals surface area contributed by atoms with Crippen LogP contribution in [0.4, 0.5) is 5.69 Å². The number of rotatable bonds is 4. The molecule has 0 radical (unpaired) electrons. The van der Waals surface area contributed by atoms with Gasteiger partial charge >= 0.3 is 0 Å². The first-order valence-electron chi connectivity index (χ1n) is 5.23. The topological polar surface area (TPSA) is 32.3 Å². The second-order valence-corrected chi connectivity index (χ2v) is 3.52.